The number of thiazole rings is 1. The average molecular weight is 405 g/mol. The highest BCUT2D eigenvalue weighted by molar-refractivity contribution is 7.22. The van der Waals surface area contributed by atoms with Crippen LogP contribution in [0.3, 0.4) is 0 Å². The summed E-state index contributed by atoms with van der Waals surface area (Å²) in [6.45, 7) is 3.19. The molecule has 0 saturated carbocycles. The molecular formula is C18H23N5O4S. The summed E-state index contributed by atoms with van der Waals surface area (Å²) in [6.07, 6.45) is 0.741. The van der Waals surface area contributed by atoms with Crippen LogP contribution < -0.4 is 16.4 Å². The van der Waals surface area contributed by atoms with Crippen LogP contribution >= 0.6 is 11.3 Å². The van der Waals surface area contributed by atoms with E-state index >= 15 is 0 Å². The lowest BCUT2D eigenvalue weighted by molar-refractivity contribution is -0.134. The minimum atomic E-state index is -0.694. The van der Waals surface area contributed by atoms with E-state index < -0.39 is 23.8 Å². The SMILES string of the molecule is CC(C)[C@H](N)C(=O)NCC(=O)N(C)CC(=O)Nc1nc2ccc(C=O)cc2s1. The minimum Gasteiger partial charge on any atom is -0.346 e. The predicted molar refractivity (Wildman–Crippen MR) is 107 cm³/mol. The fourth-order valence-corrected chi connectivity index (χ4v) is 3.18. The number of carbonyl (C=O) groups is 4. The molecule has 0 aliphatic heterocycles. The number of carbonyl (C=O) groups excluding carboxylic acids is 4. The molecule has 9 nitrogen and oxygen atoms in total. The molecule has 2 rings (SSSR count). The first-order chi connectivity index (χ1) is 13.2. The zero-order valence-electron chi connectivity index (χ0n) is 15.9. The first kappa shape index (κ1) is 21.5. The van der Waals surface area contributed by atoms with Crippen molar-refractivity contribution in [1.29, 1.82) is 0 Å². The Kier molecular flexibility index (Phi) is 7.18. The first-order valence-corrected chi connectivity index (χ1v) is 9.45. The lowest BCUT2D eigenvalue weighted by atomic mass is 10.1. The van der Waals surface area contributed by atoms with E-state index in [0.29, 0.717) is 16.2 Å². The second kappa shape index (κ2) is 9.38. The third kappa shape index (κ3) is 5.57. The topological polar surface area (TPSA) is 134 Å². The summed E-state index contributed by atoms with van der Waals surface area (Å²) in [6, 6.07) is 4.34. The number of aldehydes is 1. The number of nitrogens with one attached hydrogen (secondary N) is 2. The maximum absolute atomic E-state index is 12.2. The number of anilines is 1. The van der Waals surface area contributed by atoms with Crippen LogP contribution in [0.5, 0.6) is 0 Å². The van der Waals surface area contributed by atoms with Gasteiger partial charge in [0.25, 0.3) is 0 Å². The molecule has 0 bridgehead atoms. The molecule has 3 amide bonds. The molecule has 150 valence electrons. The molecule has 1 aromatic carbocycles. The molecule has 28 heavy (non-hydrogen) atoms. The number of nitrogens with two attached hydrogens (primary N) is 1. The van der Waals surface area contributed by atoms with Crippen molar-refractivity contribution in [3.05, 3.63) is 23.8 Å². The second-order valence-electron chi connectivity index (χ2n) is 6.65. The van der Waals surface area contributed by atoms with E-state index in [1.54, 1.807) is 18.2 Å². The Hall–Kier alpha value is -2.85. The Labute approximate surface area is 166 Å². The highest BCUT2D eigenvalue weighted by atomic mass is 32.1. The van der Waals surface area contributed by atoms with Crippen molar-refractivity contribution >= 4 is 50.7 Å². The van der Waals surface area contributed by atoms with E-state index in [9.17, 15) is 19.2 Å². The van der Waals surface area contributed by atoms with Gasteiger partial charge in [-0.25, -0.2) is 4.98 Å². The number of hydrogen-bond acceptors (Lipinski definition) is 7. The van der Waals surface area contributed by atoms with Gasteiger partial charge in [0, 0.05) is 12.6 Å². The van der Waals surface area contributed by atoms with Crippen molar-refractivity contribution < 1.29 is 19.2 Å². The summed E-state index contributed by atoms with van der Waals surface area (Å²) < 4.78 is 0.772. The molecule has 10 heteroatoms. The highest BCUT2D eigenvalue weighted by Gasteiger charge is 2.19. The molecule has 0 saturated heterocycles. The number of fused-ring (bicyclic) bond motifs is 1. The lowest BCUT2D eigenvalue weighted by Gasteiger charge is -2.19. The van der Waals surface area contributed by atoms with Crippen LogP contribution in [0.25, 0.3) is 10.2 Å². The lowest BCUT2D eigenvalue weighted by Crippen LogP contribution is -2.48. The fraction of sp³-hybridized carbons (Fsp3) is 0.389. The van der Waals surface area contributed by atoms with Crippen molar-refractivity contribution in [2.75, 3.05) is 25.5 Å². The largest absolute Gasteiger partial charge is 0.346 e. The van der Waals surface area contributed by atoms with Crippen LogP contribution in [0.2, 0.25) is 0 Å². The van der Waals surface area contributed by atoms with Crippen molar-refractivity contribution in [3.63, 3.8) is 0 Å². The van der Waals surface area contributed by atoms with Crippen molar-refractivity contribution in [2.45, 2.75) is 19.9 Å². The first-order valence-electron chi connectivity index (χ1n) is 8.64. The minimum absolute atomic E-state index is 0.0463. The van der Waals surface area contributed by atoms with Crippen molar-refractivity contribution in [3.8, 4) is 0 Å². The van der Waals surface area contributed by atoms with Crippen molar-refractivity contribution in [2.24, 2.45) is 11.7 Å². The molecule has 0 radical (unpaired) electrons. The van der Waals surface area contributed by atoms with E-state index in [4.69, 9.17) is 5.73 Å². The van der Waals surface area contributed by atoms with E-state index in [1.165, 1.54) is 23.3 Å². The van der Waals surface area contributed by atoms with Gasteiger partial charge in [-0.2, -0.15) is 0 Å². The predicted octanol–water partition coefficient (Wildman–Crippen LogP) is 0.605. The Morgan fingerprint density at radius 2 is 2.04 bits per heavy atom. The molecule has 0 unspecified atom stereocenters. The zero-order chi connectivity index (χ0) is 20.8. The summed E-state index contributed by atoms with van der Waals surface area (Å²) in [7, 11) is 1.46. The summed E-state index contributed by atoms with van der Waals surface area (Å²) in [5.74, 6) is -1.30. The molecule has 2 aromatic rings. The highest BCUT2D eigenvalue weighted by Crippen LogP contribution is 2.26. The molecule has 0 spiro atoms. The quantitative estimate of drug-likeness (QED) is 0.551. The Bertz CT molecular complexity index is 895. The van der Waals surface area contributed by atoms with Gasteiger partial charge in [0.2, 0.25) is 17.7 Å². The Morgan fingerprint density at radius 1 is 1.32 bits per heavy atom. The second-order valence-corrected chi connectivity index (χ2v) is 7.68. The Morgan fingerprint density at radius 3 is 2.68 bits per heavy atom. The zero-order valence-corrected chi connectivity index (χ0v) is 16.7. The number of aromatic nitrogens is 1. The van der Waals surface area contributed by atoms with Gasteiger partial charge in [0.05, 0.1) is 29.3 Å². The third-order valence-electron chi connectivity index (χ3n) is 4.04. The maximum atomic E-state index is 12.2. The monoisotopic (exact) mass is 405 g/mol. The molecule has 1 aromatic heterocycles. The van der Waals surface area contributed by atoms with Crippen LogP contribution in [0.15, 0.2) is 18.2 Å². The molecular weight excluding hydrogens is 382 g/mol. The number of likely N-dealkylation sites (N-methyl/N-ethyl adjacent to an activating group) is 1. The van der Waals surface area contributed by atoms with Gasteiger partial charge in [-0.15, -0.1) is 0 Å². The normalized spacial score (nSPS) is 11.9. The third-order valence-corrected chi connectivity index (χ3v) is 4.97. The van der Waals surface area contributed by atoms with Gasteiger partial charge in [0.1, 0.15) is 6.29 Å². The van der Waals surface area contributed by atoms with Crippen LogP contribution in [-0.4, -0.2) is 60.1 Å². The molecule has 0 fully saturated rings. The number of rotatable bonds is 8. The van der Waals surface area contributed by atoms with Gasteiger partial charge in [-0.1, -0.05) is 25.2 Å². The van der Waals surface area contributed by atoms with E-state index in [-0.39, 0.29) is 19.0 Å². The average Bonchev–Trinajstić information content (AvgIpc) is 3.05. The van der Waals surface area contributed by atoms with Gasteiger partial charge in [-0.05, 0) is 24.1 Å². The summed E-state index contributed by atoms with van der Waals surface area (Å²) in [5.41, 5.74) is 6.91. The van der Waals surface area contributed by atoms with Crippen LogP contribution in [0.1, 0.15) is 24.2 Å². The summed E-state index contributed by atoms with van der Waals surface area (Å²) in [5, 5.41) is 5.48. The molecule has 1 heterocycles. The van der Waals surface area contributed by atoms with Gasteiger partial charge >= 0.3 is 0 Å². The summed E-state index contributed by atoms with van der Waals surface area (Å²) >= 11 is 1.23. The van der Waals surface area contributed by atoms with Gasteiger partial charge in [-0.3, -0.25) is 19.2 Å². The molecule has 0 aliphatic carbocycles. The van der Waals surface area contributed by atoms with Crippen LogP contribution in [0, 0.1) is 5.92 Å². The number of benzene rings is 1. The number of nitrogens with zero attached hydrogens (tertiary/aromatic N) is 2. The van der Waals surface area contributed by atoms with Gasteiger partial charge < -0.3 is 21.3 Å². The Balaban J connectivity index is 1.87. The van der Waals surface area contributed by atoms with Gasteiger partial charge in [0.15, 0.2) is 5.13 Å². The summed E-state index contributed by atoms with van der Waals surface area (Å²) in [4.78, 5) is 52.3. The van der Waals surface area contributed by atoms with Crippen LogP contribution in [0.4, 0.5) is 5.13 Å². The van der Waals surface area contributed by atoms with E-state index in [0.717, 1.165) is 11.0 Å². The van der Waals surface area contributed by atoms with Crippen LogP contribution in [-0.2, 0) is 14.4 Å². The number of hydrogen-bond donors (Lipinski definition) is 3. The fourth-order valence-electron chi connectivity index (χ4n) is 2.25. The van der Waals surface area contributed by atoms with Crippen molar-refractivity contribution in [1.82, 2.24) is 15.2 Å². The smallest absolute Gasteiger partial charge is 0.245 e. The number of amides is 3. The van der Waals surface area contributed by atoms with E-state index in [2.05, 4.69) is 15.6 Å². The molecule has 1 atom stereocenters. The molecule has 4 N–H and O–H groups in total. The standard InChI is InChI=1S/C18H23N5O4S/c1-10(2)16(19)17(27)20-7-15(26)23(3)8-14(25)22-18-21-12-5-4-11(9-24)6-13(12)28-18/h4-6,9-10,16H,7-8,19H2,1-3H3,(H,20,27)(H,21,22,25)/t16-/m0/s1. The molecule has 0 aliphatic rings. The van der Waals surface area contributed by atoms with E-state index in [1.807, 2.05) is 13.8 Å². The maximum Gasteiger partial charge on any atom is 0.245 e.